The van der Waals surface area contributed by atoms with Gasteiger partial charge in [0.2, 0.25) is 0 Å². The van der Waals surface area contributed by atoms with Crippen LogP contribution in [0.2, 0.25) is 0 Å². The van der Waals surface area contributed by atoms with Crippen LogP contribution in [0.15, 0.2) is 24.4 Å². The number of nitrogens with zero attached hydrogens (tertiary/aromatic N) is 3. The van der Waals surface area contributed by atoms with Gasteiger partial charge in [-0.05, 0) is 63.0 Å². The summed E-state index contributed by atoms with van der Waals surface area (Å²) in [7, 11) is 1.93. The molecule has 1 fully saturated rings. The van der Waals surface area contributed by atoms with Gasteiger partial charge in [0.15, 0.2) is 11.4 Å². The van der Waals surface area contributed by atoms with E-state index in [2.05, 4.69) is 10.4 Å². The minimum atomic E-state index is -0.335. The molecule has 0 spiro atoms. The lowest BCUT2D eigenvalue weighted by Gasteiger charge is -2.31. The smallest absolute Gasteiger partial charge is 0.278 e. The third-order valence-electron chi connectivity index (χ3n) is 4.70. The van der Waals surface area contributed by atoms with Gasteiger partial charge < -0.3 is 15.3 Å². The number of carbonyl (C=O) groups is 1. The first-order valence-corrected chi connectivity index (χ1v) is 8.48. The molecular formula is C18H24ClFN4O2. The fourth-order valence-electron chi connectivity index (χ4n) is 3.30. The van der Waals surface area contributed by atoms with E-state index in [1.54, 1.807) is 17.9 Å². The van der Waals surface area contributed by atoms with Crippen molar-refractivity contribution in [3.8, 4) is 11.4 Å². The molecule has 0 atom stereocenters. The van der Waals surface area contributed by atoms with Crippen LogP contribution in [0.5, 0.6) is 5.75 Å². The number of benzene rings is 1. The number of aryl methyl sites for hydroxylation is 1. The Bertz CT molecular complexity index is 773. The van der Waals surface area contributed by atoms with E-state index >= 15 is 0 Å². The molecule has 2 N–H and O–H groups in total. The molecule has 142 valence electrons. The first-order chi connectivity index (χ1) is 12.0. The third-order valence-corrected chi connectivity index (χ3v) is 4.70. The fraction of sp³-hybridized carbons (Fsp3) is 0.444. The summed E-state index contributed by atoms with van der Waals surface area (Å²) in [6.45, 7) is 4.02. The van der Waals surface area contributed by atoms with Crippen LogP contribution in [-0.2, 0) is 0 Å². The summed E-state index contributed by atoms with van der Waals surface area (Å²) < 4.78 is 14.7. The molecule has 1 aliphatic heterocycles. The highest BCUT2D eigenvalue weighted by molar-refractivity contribution is 5.94. The highest BCUT2D eigenvalue weighted by Gasteiger charge is 2.27. The lowest BCUT2D eigenvalue weighted by Crippen LogP contribution is -2.40. The van der Waals surface area contributed by atoms with Crippen LogP contribution in [-0.4, -0.2) is 52.4 Å². The number of amides is 1. The molecule has 26 heavy (non-hydrogen) atoms. The summed E-state index contributed by atoms with van der Waals surface area (Å²) in [6.07, 6.45) is 3.26. The van der Waals surface area contributed by atoms with Gasteiger partial charge in [-0.15, -0.1) is 12.4 Å². The van der Waals surface area contributed by atoms with E-state index in [9.17, 15) is 14.3 Å². The van der Waals surface area contributed by atoms with Crippen molar-refractivity contribution >= 4 is 18.3 Å². The minimum absolute atomic E-state index is 0. The molecule has 3 rings (SSSR count). The number of hydrogen-bond donors (Lipinski definition) is 2. The number of aromatic hydroxyl groups is 1. The Balaban J connectivity index is 0.00000243. The minimum Gasteiger partial charge on any atom is -0.504 e. The maximum Gasteiger partial charge on any atom is 0.278 e. The second-order valence-electron chi connectivity index (χ2n) is 6.53. The molecule has 0 unspecified atom stereocenters. The predicted octanol–water partition coefficient (Wildman–Crippen LogP) is 2.52. The Morgan fingerprint density at radius 1 is 1.38 bits per heavy atom. The molecule has 1 saturated heterocycles. The maximum absolute atomic E-state index is 13.3. The van der Waals surface area contributed by atoms with E-state index in [0.29, 0.717) is 30.3 Å². The van der Waals surface area contributed by atoms with Crippen LogP contribution in [0.1, 0.15) is 28.9 Å². The molecule has 0 radical (unpaired) electrons. The number of nitrogens with one attached hydrogen (secondary N) is 1. The van der Waals surface area contributed by atoms with Gasteiger partial charge in [0.1, 0.15) is 5.82 Å². The number of hydrogen-bond acceptors (Lipinski definition) is 4. The molecule has 0 saturated carbocycles. The van der Waals surface area contributed by atoms with Gasteiger partial charge in [-0.1, -0.05) is 0 Å². The quantitative estimate of drug-likeness (QED) is 0.852. The summed E-state index contributed by atoms with van der Waals surface area (Å²) in [5.41, 5.74) is 1.34. The van der Waals surface area contributed by atoms with Crippen LogP contribution in [0, 0.1) is 18.7 Å². The standard InChI is InChI=1S/C18H23FN4O2.ClH/c1-12-9-14(19)3-4-15(12)23-11-16(24)17(21-23)18(25)22-7-5-13(6-8-22)10-20-2;/h3-4,9,11,13,20,24H,5-8,10H2,1-2H3;1H. The Morgan fingerprint density at radius 3 is 2.69 bits per heavy atom. The molecule has 0 bridgehead atoms. The van der Waals surface area contributed by atoms with Gasteiger partial charge in [0.25, 0.3) is 5.91 Å². The van der Waals surface area contributed by atoms with Crippen molar-refractivity contribution in [2.45, 2.75) is 19.8 Å². The molecule has 8 heteroatoms. The fourth-order valence-corrected chi connectivity index (χ4v) is 3.30. The third kappa shape index (κ3) is 4.16. The Morgan fingerprint density at radius 2 is 2.08 bits per heavy atom. The zero-order valence-corrected chi connectivity index (χ0v) is 15.7. The molecule has 6 nitrogen and oxygen atoms in total. The summed E-state index contributed by atoms with van der Waals surface area (Å²) in [5, 5.41) is 17.6. The molecule has 2 aromatic rings. The summed E-state index contributed by atoms with van der Waals surface area (Å²) in [4.78, 5) is 14.4. The topological polar surface area (TPSA) is 70.4 Å². The van der Waals surface area contributed by atoms with Crippen LogP contribution in [0.4, 0.5) is 4.39 Å². The molecule has 1 aliphatic rings. The van der Waals surface area contributed by atoms with E-state index in [4.69, 9.17) is 0 Å². The number of carbonyl (C=O) groups excluding carboxylic acids is 1. The van der Waals surface area contributed by atoms with Crippen molar-refractivity contribution in [3.63, 3.8) is 0 Å². The number of piperidine rings is 1. The largest absolute Gasteiger partial charge is 0.504 e. The Kier molecular flexibility index (Phi) is 6.61. The van der Waals surface area contributed by atoms with Crippen LogP contribution >= 0.6 is 12.4 Å². The average molecular weight is 383 g/mol. The Labute approximate surface area is 158 Å². The van der Waals surface area contributed by atoms with Crippen LogP contribution in [0.3, 0.4) is 0 Å². The van der Waals surface area contributed by atoms with Gasteiger partial charge in [0, 0.05) is 13.1 Å². The number of likely N-dealkylation sites (tertiary alicyclic amines) is 1. The van der Waals surface area contributed by atoms with E-state index in [1.807, 2.05) is 7.05 Å². The van der Waals surface area contributed by atoms with Gasteiger partial charge in [-0.25, -0.2) is 9.07 Å². The number of rotatable bonds is 4. The van der Waals surface area contributed by atoms with Crippen molar-refractivity contribution < 1.29 is 14.3 Å². The highest BCUT2D eigenvalue weighted by Crippen LogP contribution is 2.24. The van der Waals surface area contributed by atoms with Crippen molar-refractivity contribution in [1.29, 1.82) is 0 Å². The van der Waals surface area contributed by atoms with Crippen molar-refractivity contribution in [1.82, 2.24) is 20.0 Å². The maximum atomic E-state index is 13.3. The lowest BCUT2D eigenvalue weighted by molar-refractivity contribution is 0.0681. The second-order valence-corrected chi connectivity index (χ2v) is 6.53. The van der Waals surface area contributed by atoms with Crippen molar-refractivity contribution in [2.24, 2.45) is 5.92 Å². The first-order valence-electron chi connectivity index (χ1n) is 8.48. The molecule has 1 aromatic carbocycles. The van der Waals surface area contributed by atoms with Crippen LogP contribution in [0.25, 0.3) is 5.69 Å². The van der Waals surface area contributed by atoms with E-state index in [1.165, 1.54) is 23.0 Å². The second kappa shape index (κ2) is 8.51. The van der Waals surface area contributed by atoms with E-state index in [-0.39, 0.29) is 35.6 Å². The molecule has 1 aromatic heterocycles. The van der Waals surface area contributed by atoms with Gasteiger partial charge in [0.05, 0.1) is 11.9 Å². The first kappa shape index (κ1) is 20.2. The van der Waals surface area contributed by atoms with Gasteiger partial charge in [-0.3, -0.25) is 4.79 Å². The van der Waals surface area contributed by atoms with E-state index in [0.717, 1.165) is 19.4 Å². The van der Waals surface area contributed by atoms with E-state index < -0.39 is 0 Å². The van der Waals surface area contributed by atoms with Crippen molar-refractivity contribution in [2.75, 3.05) is 26.7 Å². The highest BCUT2D eigenvalue weighted by atomic mass is 35.5. The predicted molar refractivity (Wildman–Crippen MR) is 99.7 cm³/mol. The molecular weight excluding hydrogens is 359 g/mol. The van der Waals surface area contributed by atoms with Crippen molar-refractivity contribution in [3.05, 3.63) is 41.5 Å². The van der Waals surface area contributed by atoms with Gasteiger partial charge in [-0.2, -0.15) is 5.10 Å². The Hall–Kier alpha value is -2.12. The monoisotopic (exact) mass is 382 g/mol. The average Bonchev–Trinajstić information content (AvgIpc) is 2.96. The SMILES string of the molecule is CNCC1CCN(C(=O)c2nn(-c3ccc(F)cc3C)cc2O)CC1.Cl. The number of halogens is 2. The number of aromatic nitrogens is 2. The zero-order chi connectivity index (χ0) is 18.0. The summed E-state index contributed by atoms with van der Waals surface area (Å²) in [5.74, 6) is -0.189. The molecule has 2 heterocycles. The van der Waals surface area contributed by atoms with Crippen LogP contribution < -0.4 is 5.32 Å². The lowest BCUT2D eigenvalue weighted by atomic mass is 9.96. The normalized spacial score (nSPS) is 15.0. The molecule has 1 amide bonds. The van der Waals surface area contributed by atoms with Gasteiger partial charge >= 0.3 is 0 Å². The summed E-state index contributed by atoms with van der Waals surface area (Å²) >= 11 is 0. The zero-order valence-electron chi connectivity index (χ0n) is 14.9. The molecule has 0 aliphatic carbocycles. The summed E-state index contributed by atoms with van der Waals surface area (Å²) in [6, 6.07) is 4.30.